The molecule has 6 aromatic rings. The van der Waals surface area contributed by atoms with Crippen LogP contribution in [0.5, 0.6) is 0 Å². The van der Waals surface area contributed by atoms with Gasteiger partial charge < -0.3 is 19.0 Å². The number of hydrogen-bond acceptors (Lipinski definition) is 4. The topological polar surface area (TPSA) is 60.8 Å². The van der Waals surface area contributed by atoms with Gasteiger partial charge in [-0.1, -0.05) is 29.4 Å². The first-order chi connectivity index (χ1) is 16.5. The number of fused-ring (bicyclic) bond motifs is 4. The zero-order valence-electron chi connectivity index (χ0n) is 19.9. The van der Waals surface area contributed by atoms with Crippen molar-refractivity contribution in [2.75, 3.05) is 5.32 Å². The van der Waals surface area contributed by atoms with Gasteiger partial charge in [0.1, 0.15) is 5.76 Å². The van der Waals surface area contributed by atoms with E-state index in [1.165, 1.54) is 27.4 Å². The second kappa shape index (κ2) is 7.76. The van der Waals surface area contributed by atoms with Gasteiger partial charge >= 0.3 is 0 Å². The van der Waals surface area contributed by atoms with Gasteiger partial charge in [0.05, 0.1) is 16.7 Å². The van der Waals surface area contributed by atoms with Crippen LogP contribution in [-0.2, 0) is 20.1 Å². The van der Waals surface area contributed by atoms with Gasteiger partial charge in [-0.2, -0.15) is 0 Å². The molecule has 0 bridgehead atoms. The summed E-state index contributed by atoms with van der Waals surface area (Å²) in [6.07, 6.45) is 0. The van der Waals surface area contributed by atoms with Crippen LogP contribution in [0.15, 0.2) is 65.2 Å². The molecule has 34 heavy (non-hydrogen) atoms. The SMILES string of the molecule is CCn1c2ccc(CNc3nc4ccccc4n3C)cc2c2cc(-c3c(C)noc3C)ccc21. The third-order valence-electron chi connectivity index (χ3n) is 6.81. The second-order valence-electron chi connectivity index (χ2n) is 8.86. The molecule has 0 amide bonds. The van der Waals surface area contributed by atoms with Crippen LogP contribution in [0.4, 0.5) is 5.95 Å². The summed E-state index contributed by atoms with van der Waals surface area (Å²) in [5.74, 6) is 1.72. The van der Waals surface area contributed by atoms with Gasteiger partial charge in [0, 0.05) is 47.5 Å². The molecule has 3 heterocycles. The first-order valence-electron chi connectivity index (χ1n) is 11.7. The first-order valence-corrected chi connectivity index (χ1v) is 11.7. The molecule has 3 aromatic heterocycles. The van der Waals surface area contributed by atoms with E-state index in [9.17, 15) is 0 Å². The lowest BCUT2D eigenvalue weighted by Gasteiger charge is -2.07. The van der Waals surface area contributed by atoms with E-state index < -0.39 is 0 Å². The molecule has 0 aliphatic carbocycles. The smallest absolute Gasteiger partial charge is 0.203 e. The lowest BCUT2D eigenvalue weighted by Crippen LogP contribution is -2.05. The minimum absolute atomic E-state index is 0.704. The van der Waals surface area contributed by atoms with Crippen molar-refractivity contribution in [2.45, 2.75) is 33.9 Å². The lowest BCUT2D eigenvalue weighted by molar-refractivity contribution is 0.393. The number of benzene rings is 3. The Morgan fingerprint density at radius 3 is 2.41 bits per heavy atom. The molecule has 0 spiro atoms. The zero-order valence-corrected chi connectivity index (χ0v) is 19.9. The number of aryl methyl sites for hydroxylation is 4. The normalized spacial score (nSPS) is 11.8. The fourth-order valence-electron chi connectivity index (χ4n) is 5.14. The molecule has 170 valence electrons. The predicted octanol–water partition coefficient (Wildman–Crippen LogP) is 6.59. The molecule has 0 aliphatic rings. The summed E-state index contributed by atoms with van der Waals surface area (Å²) < 4.78 is 9.91. The quantitative estimate of drug-likeness (QED) is 0.323. The van der Waals surface area contributed by atoms with Crippen molar-refractivity contribution >= 4 is 38.8 Å². The Balaban J connectivity index is 1.42. The molecule has 0 unspecified atom stereocenters. The zero-order chi connectivity index (χ0) is 23.4. The summed E-state index contributed by atoms with van der Waals surface area (Å²) in [6.45, 7) is 7.79. The van der Waals surface area contributed by atoms with Crippen LogP contribution >= 0.6 is 0 Å². The highest BCUT2D eigenvalue weighted by Crippen LogP contribution is 2.35. The standard InChI is InChI=1S/C28H27N5O/c1-5-33-24-12-10-19(16-29-28-30-23-8-6-7-9-26(23)32(28)4)14-21(24)22-15-20(11-13-25(22)33)27-17(2)31-34-18(27)3/h6-15H,5,16H2,1-4H3,(H,29,30). The Morgan fingerprint density at radius 1 is 0.912 bits per heavy atom. The summed E-state index contributed by atoms with van der Waals surface area (Å²) in [4.78, 5) is 4.75. The van der Waals surface area contributed by atoms with Crippen molar-refractivity contribution < 1.29 is 4.52 Å². The average Bonchev–Trinajstić information content (AvgIpc) is 3.47. The van der Waals surface area contributed by atoms with Crippen LogP contribution in [0.3, 0.4) is 0 Å². The highest BCUT2D eigenvalue weighted by atomic mass is 16.5. The second-order valence-corrected chi connectivity index (χ2v) is 8.86. The molecule has 3 aromatic carbocycles. The van der Waals surface area contributed by atoms with Crippen molar-refractivity contribution in [1.82, 2.24) is 19.3 Å². The minimum atomic E-state index is 0.704. The van der Waals surface area contributed by atoms with Gasteiger partial charge in [0.2, 0.25) is 5.95 Å². The summed E-state index contributed by atoms with van der Waals surface area (Å²) in [5.41, 5.74) is 8.98. The van der Waals surface area contributed by atoms with Gasteiger partial charge in [0.25, 0.3) is 0 Å². The Kier molecular flexibility index (Phi) is 4.69. The van der Waals surface area contributed by atoms with Crippen molar-refractivity contribution in [2.24, 2.45) is 7.05 Å². The molecule has 0 aliphatic heterocycles. The van der Waals surface area contributed by atoms with Crippen LogP contribution in [0.2, 0.25) is 0 Å². The van der Waals surface area contributed by atoms with Gasteiger partial charge in [-0.15, -0.1) is 0 Å². The largest absolute Gasteiger partial charge is 0.361 e. The predicted molar refractivity (Wildman–Crippen MR) is 138 cm³/mol. The molecule has 0 saturated carbocycles. The van der Waals surface area contributed by atoms with Crippen molar-refractivity contribution in [3.63, 3.8) is 0 Å². The van der Waals surface area contributed by atoms with E-state index in [1.54, 1.807) is 0 Å². The average molecular weight is 450 g/mol. The number of nitrogens with one attached hydrogen (secondary N) is 1. The molecule has 6 nitrogen and oxygen atoms in total. The molecule has 1 N–H and O–H groups in total. The molecule has 0 radical (unpaired) electrons. The van der Waals surface area contributed by atoms with Crippen LogP contribution in [0.1, 0.15) is 23.9 Å². The highest BCUT2D eigenvalue weighted by Gasteiger charge is 2.16. The van der Waals surface area contributed by atoms with E-state index in [1.807, 2.05) is 39.1 Å². The van der Waals surface area contributed by atoms with Crippen LogP contribution in [0.25, 0.3) is 44.0 Å². The molecular weight excluding hydrogens is 422 g/mol. The van der Waals surface area contributed by atoms with Crippen molar-refractivity contribution in [3.8, 4) is 11.1 Å². The van der Waals surface area contributed by atoms with E-state index in [0.29, 0.717) is 6.54 Å². The Hall–Kier alpha value is -4.06. The Labute approximate surface area is 197 Å². The number of nitrogens with zero attached hydrogens (tertiary/aromatic N) is 4. The maximum atomic E-state index is 5.43. The van der Waals surface area contributed by atoms with Gasteiger partial charge in [0.15, 0.2) is 0 Å². The Bertz CT molecular complexity index is 1660. The minimum Gasteiger partial charge on any atom is -0.361 e. The molecule has 6 heteroatoms. The molecule has 0 fully saturated rings. The van der Waals surface area contributed by atoms with Gasteiger partial charge in [-0.3, -0.25) is 0 Å². The fraction of sp³-hybridized carbons (Fsp3) is 0.214. The lowest BCUT2D eigenvalue weighted by atomic mass is 10.0. The summed E-state index contributed by atoms with van der Waals surface area (Å²) in [7, 11) is 2.05. The van der Waals surface area contributed by atoms with E-state index in [2.05, 4.69) is 69.0 Å². The van der Waals surface area contributed by atoms with Crippen molar-refractivity contribution in [1.29, 1.82) is 0 Å². The maximum absolute atomic E-state index is 5.43. The van der Waals surface area contributed by atoms with Crippen LogP contribution < -0.4 is 5.32 Å². The number of aromatic nitrogens is 4. The number of hydrogen-bond donors (Lipinski definition) is 1. The molecule has 6 rings (SSSR count). The Morgan fingerprint density at radius 2 is 1.68 bits per heavy atom. The number of imidazole rings is 1. The third kappa shape index (κ3) is 3.10. The fourth-order valence-corrected chi connectivity index (χ4v) is 5.14. The highest BCUT2D eigenvalue weighted by molar-refractivity contribution is 6.09. The van der Waals surface area contributed by atoms with Crippen molar-refractivity contribution in [3.05, 3.63) is 77.7 Å². The molecule has 0 saturated heterocycles. The molecule has 0 atom stereocenters. The van der Waals surface area contributed by atoms with Crippen LogP contribution in [-0.4, -0.2) is 19.3 Å². The van der Waals surface area contributed by atoms with E-state index in [-0.39, 0.29) is 0 Å². The van der Waals surface area contributed by atoms with E-state index in [4.69, 9.17) is 9.51 Å². The third-order valence-corrected chi connectivity index (χ3v) is 6.81. The van der Waals surface area contributed by atoms with E-state index >= 15 is 0 Å². The van der Waals surface area contributed by atoms with Gasteiger partial charge in [-0.25, -0.2) is 4.98 Å². The summed E-state index contributed by atoms with van der Waals surface area (Å²) >= 11 is 0. The molecular formula is C28H27N5O. The summed E-state index contributed by atoms with van der Waals surface area (Å²) in [5, 5.41) is 10.2. The van der Waals surface area contributed by atoms with Crippen LogP contribution in [0, 0.1) is 13.8 Å². The number of para-hydroxylation sites is 2. The first kappa shape index (κ1) is 20.5. The number of anilines is 1. The maximum Gasteiger partial charge on any atom is 0.203 e. The monoisotopic (exact) mass is 449 g/mol. The van der Waals surface area contributed by atoms with E-state index in [0.717, 1.165) is 46.1 Å². The summed E-state index contributed by atoms with van der Waals surface area (Å²) in [6, 6.07) is 21.6. The number of rotatable bonds is 5. The van der Waals surface area contributed by atoms with Gasteiger partial charge in [-0.05, 0) is 68.3 Å².